The Morgan fingerprint density at radius 1 is 1.26 bits per heavy atom. The van der Waals surface area contributed by atoms with E-state index in [1.165, 1.54) is 0 Å². The fraction of sp³-hybridized carbons (Fsp3) is 0.529. The molecule has 0 spiro atoms. The molecule has 1 heterocycles. The molecule has 1 saturated heterocycles. The summed E-state index contributed by atoms with van der Waals surface area (Å²) >= 11 is 0. The van der Waals surface area contributed by atoms with Crippen molar-refractivity contribution in [3.63, 3.8) is 0 Å². The van der Waals surface area contributed by atoms with Gasteiger partial charge in [0.05, 0.1) is 22.6 Å². The molecular formula is C17H22N2O3S. The highest BCUT2D eigenvalue weighted by molar-refractivity contribution is 7.92. The van der Waals surface area contributed by atoms with Gasteiger partial charge in [0.25, 0.3) is 5.91 Å². The molecule has 1 aromatic rings. The van der Waals surface area contributed by atoms with Gasteiger partial charge in [0, 0.05) is 18.7 Å². The summed E-state index contributed by atoms with van der Waals surface area (Å²) in [6, 6.07) is 8.54. The minimum absolute atomic E-state index is 0.103. The highest BCUT2D eigenvalue weighted by atomic mass is 32.2. The fourth-order valence-corrected chi connectivity index (χ4v) is 5.02. The molecule has 0 saturated carbocycles. The second-order valence-electron chi connectivity index (χ2n) is 6.40. The molecule has 5 nitrogen and oxygen atoms in total. The quantitative estimate of drug-likeness (QED) is 0.846. The third kappa shape index (κ3) is 4.32. The summed E-state index contributed by atoms with van der Waals surface area (Å²) in [7, 11) is -3.08. The third-order valence-corrected chi connectivity index (χ3v) is 6.68. The van der Waals surface area contributed by atoms with Crippen LogP contribution in [0.4, 0.5) is 0 Å². The predicted molar refractivity (Wildman–Crippen MR) is 88.7 cm³/mol. The Balaban J connectivity index is 1.98. The van der Waals surface area contributed by atoms with E-state index in [9.17, 15) is 13.2 Å². The number of nitriles is 1. The van der Waals surface area contributed by atoms with E-state index in [1.807, 2.05) is 19.9 Å². The molecule has 1 fully saturated rings. The Kier molecular flexibility index (Phi) is 5.42. The van der Waals surface area contributed by atoms with Gasteiger partial charge in [0.15, 0.2) is 9.84 Å². The van der Waals surface area contributed by atoms with E-state index < -0.39 is 9.84 Å². The number of piperidine rings is 1. The van der Waals surface area contributed by atoms with E-state index in [1.54, 1.807) is 29.2 Å². The lowest BCUT2D eigenvalue weighted by Gasteiger charge is -2.32. The first kappa shape index (κ1) is 17.5. The topological polar surface area (TPSA) is 78.2 Å². The van der Waals surface area contributed by atoms with Gasteiger partial charge in [0.1, 0.15) is 0 Å². The molecule has 0 unspecified atom stereocenters. The van der Waals surface area contributed by atoms with E-state index in [0.29, 0.717) is 37.1 Å². The molecule has 0 atom stereocenters. The van der Waals surface area contributed by atoms with Crippen molar-refractivity contribution >= 4 is 15.7 Å². The zero-order chi connectivity index (χ0) is 17.0. The maximum atomic E-state index is 12.4. The van der Waals surface area contributed by atoms with Crippen LogP contribution in [0.25, 0.3) is 0 Å². The summed E-state index contributed by atoms with van der Waals surface area (Å²) in [5.74, 6) is 0.230. The second kappa shape index (κ2) is 7.14. The van der Waals surface area contributed by atoms with Gasteiger partial charge in [-0.2, -0.15) is 5.26 Å². The van der Waals surface area contributed by atoms with Crippen molar-refractivity contribution in [1.29, 1.82) is 5.26 Å². The summed E-state index contributed by atoms with van der Waals surface area (Å²) in [5, 5.41) is 8.44. The Morgan fingerprint density at radius 2 is 1.83 bits per heavy atom. The Bertz CT molecular complexity index is 694. The minimum atomic E-state index is -3.08. The molecule has 0 bridgehead atoms. The molecule has 0 aliphatic carbocycles. The van der Waals surface area contributed by atoms with Crippen LogP contribution in [-0.2, 0) is 9.84 Å². The number of carbonyl (C=O) groups is 1. The summed E-state index contributed by atoms with van der Waals surface area (Å²) in [4.78, 5) is 14.1. The number of hydrogen-bond acceptors (Lipinski definition) is 4. The zero-order valence-electron chi connectivity index (χ0n) is 13.5. The smallest absolute Gasteiger partial charge is 0.253 e. The monoisotopic (exact) mass is 334 g/mol. The van der Waals surface area contributed by atoms with Crippen LogP contribution in [0.15, 0.2) is 24.3 Å². The molecule has 0 N–H and O–H groups in total. The van der Waals surface area contributed by atoms with Gasteiger partial charge in [-0.25, -0.2) is 8.42 Å². The van der Waals surface area contributed by atoms with Gasteiger partial charge in [0.2, 0.25) is 0 Å². The molecule has 0 radical (unpaired) electrons. The summed E-state index contributed by atoms with van der Waals surface area (Å²) in [5.41, 5.74) is 1.05. The second-order valence-corrected chi connectivity index (χ2v) is 8.73. The molecule has 23 heavy (non-hydrogen) atoms. The van der Waals surface area contributed by atoms with Gasteiger partial charge >= 0.3 is 0 Å². The van der Waals surface area contributed by atoms with Crippen LogP contribution in [0, 0.1) is 17.2 Å². The fourth-order valence-electron chi connectivity index (χ4n) is 2.89. The average Bonchev–Trinajstić information content (AvgIpc) is 2.53. The lowest BCUT2D eigenvalue weighted by molar-refractivity contribution is 0.0725. The van der Waals surface area contributed by atoms with Crippen LogP contribution in [0.5, 0.6) is 0 Å². The van der Waals surface area contributed by atoms with Crippen molar-refractivity contribution in [2.75, 3.05) is 18.8 Å². The molecule has 1 aliphatic rings. The number of nitrogens with zero attached hydrogens (tertiary/aromatic N) is 2. The van der Waals surface area contributed by atoms with Crippen LogP contribution in [-0.4, -0.2) is 43.3 Å². The normalized spacial score (nSPS) is 16.3. The zero-order valence-corrected chi connectivity index (χ0v) is 14.3. The van der Waals surface area contributed by atoms with Gasteiger partial charge in [-0.3, -0.25) is 4.79 Å². The van der Waals surface area contributed by atoms with Gasteiger partial charge in [-0.15, -0.1) is 0 Å². The van der Waals surface area contributed by atoms with Gasteiger partial charge < -0.3 is 4.90 Å². The number of sulfone groups is 1. The summed E-state index contributed by atoms with van der Waals surface area (Å²) in [6.07, 6.45) is 0.994. The molecule has 0 aromatic heterocycles. The maximum Gasteiger partial charge on any atom is 0.253 e. The van der Waals surface area contributed by atoms with Crippen molar-refractivity contribution in [3.05, 3.63) is 35.4 Å². The number of carbonyl (C=O) groups excluding carboxylic acids is 1. The van der Waals surface area contributed by atoms with Crippen LogP contribution in [0.1, 0.15) is 42.6 Å². The van der Waals surface area contributed by atoms with Gasteiger partial charge in [-0.05, 0) is 43.0 Å². The van der Waals surface area contributed by atoms with Gasteiger partial charge in [-0.1, -0.05) is 13.8 Å². The minimum Gasteiger partial charge on any atom is -0.339 e. The van der Waals surface area contributed by atoms with Crippen LogP contribution < -0.4 is 0 Å². The Hall–Kier alpha value is -1.87. The van der Waals surface area contributed by atoms with Crippen LogP contribution in [0.3, 0.4) is 0 Å². The Morgan fingerprint density at radius 3 is 2.30 bits per heavy atom. The van der Waals surface area contributed by atoms with E-state index in [0.717, 1.165) is 0 Å². The van der Waals surface area contributed by atoms with Crippen molar-refractivity contribution < 1.29 is 13.2 Å². The van der Waals surface area contributed by atoms with Crippen LogP contribution >= 0.6 is 0 Å². The average molecular weight is 334 g/mol. The van der Waals surface area contributed by atoms with E-state index in [4.69, 9.17) is 5.26 Å². The third-order valence-electron chi connectivity index (χ3n) is 4.06. The number of benzene rings is 1. The standard InChI is InChI=1S/C17H22N2O3S/c1-13(2)12-23(21,22)16-7-9-19(10-8-16)17(20)15-5-3-14(11-18)4-6-15/h3-6,13,16H,7-10,12H2,1-2H3. The highest BCUT2D eigenvalue weighted by Gasteiger charge is 2.32. The number of amides is 1. The predicted octanol–water partition coefficient (Wildman–Crippen LogP) is 2.23. The molecule has 1 aromatic carbocycles. The molecule has 2 rings (SSSR count). The highest BCUT2D eigenvalue weighted by Crippen LogP contribution is 2.21. The summed E-state index contributed by atoms with van der Waals surface area (Å²) < 4.78 is 24.6. The van der Waals surface area contributed by atoms with Crippen LogP contribution in [0.2, 0.25) is 0 Å². The lowest BCUT2D eigenvalue weighted by Crippen LogP contribution is -2.43. The van der Waals surface area contributed by atoms with E-state index in [-0.39, 0.29) is 22.8 Å². The van der Waals surface area contributed by atoms with E-state index >= 15 is 0 Å². The first-order valence-electron chi connectivity index (χ1n) is 7.84. The molecule has 1 aliphatic heterocycles. The van der Waals surface area contributed by atoms with Crippen molar-refractivity contribution in [2.24, 2.45) is 5.92 Å². The maximum absolute atomic E-state index is 12.4. The first-order valence-corrected chi connectivity index (χ1v) is 9.56. The number of hydrogen-bond donors (Lipinski definition) is 0. The summed E-state index contributed by atoms with van der Waals surface area (Å²) in [6.45, 7) is 4.73. The van der Waals surface area contributed by atoms with Crippen molar-refractivity contribution in [2.45, 2.75) is 31.9 Å². The van der Waals surface area contributed by atoms with E-state index in [2.05, 4.69) is 0 Å². The molecular weight excluding hydrogens is 312 g/mol. The number of rotatable bonds is 4. The molecule has 1 amide bonds. The lowest BCUT2D eigenvalue weighted by atomic mass is 10.1. The van der Waals surface area contributed by atoms with Crippen molar-refractivity contribution in [1.82, 2.24) is 4.90 Å². The molecule has 124 valence electrons. The molecule has 6 heteroatoms. The van der Waals surface area contributed by atoms with Crippen molar-refractivity contribution in [3.8, 4) is 6.07 Å². The largest absolute Gasteiger partial charge is 0.339 e. The SMILES string of the molecule is CC(C)CS(=O)(=O)C1CCN(C(=O)c2ccc(C#N)cc2)CC1. The first-order chi connectivity index (χ1) is 10.8. The number of likely N-dealkylation sites (tertiary alicyclic amines) is 1. The Labute approximate surface area is 137 Å².